The molecular formula is C31H28I2N2O8S. The van der Waals surface area contributed by atoms with E-state index >= 15 is 0 Å². The number of thiazole rings is 1. The molecule has 3 aromatic rings. The quantitative estimate of drug-likeness (QED) is 0.162. The van der Waals surface area contributed by atoms with Crippen LogP contribution in [0.25, 0.3) is 6.08 Å². The second-order valence-corrected chi connectivity index (χ2v) is 12.4. The topological polar surface area (TPSA) is 115 Å². The Morgan fingerprint density at radius 1 is 1.09 bits per heavy atom. The number of aromatic nitrogens is 1. The minimum atomic E-state index is -0.860. The van der Waals surface area contributed by atoms with Crippen LogP contribution < -0.4 is 29.1 Å². The standard InChI is InChI=1S/C31H28I2N2O8S/c1-6-11-42-28-20(32)12-18(13-21(28)33)14-24-29(37)35-27(26(30(38)41-8-3)17(4)34-31(35)44-24)19-9-10-22(23(15-19)40-7-2)43-16-25(36)39-5/h1,9-10,12-15,27H,7-8,11,16H2,2-5H3/b24-14-/t27-/m1/s1. The number of carbonyl (C=O) groups excluding carboxylic acids is 2. The summed E-state index contributed by atoms with van der Waals surface area (Å²) in [6.45, 7) is 5.53. The molecular weight excluding hydrogens is 814 g/mol. The van der Waals surface area contributed by atoms with E-state index < -0.39 is 18.0 Å². The molecule has 0 radical (unpaired) electrons. The number of hydrogen-bond acceptors (Lipinski definition) is 10. The molecule has 44 heavy (non-hydrogen) atoms. The van der Waals surface area contributed by atoms with Gasteiger partial charge in [0.1, 0.15) is 12.4 Å². The average molecular weight is 842 g/mol. The number of carbonyl (C=O) groups is 2. The van der Waals surface area contributed by atoms with Gasteiger partial charge < -0.3 is 23.7 Å². The van der Waals surface area contributed by atoms with E-state index in [0.717, 1.165) is 12.7 Å². The van der Waals surface area contributed by atoms with Gasteiger partial charge in [-0.1, -0.05) is 23.3 Å². The number of rotatable bonds is 11. The molecule has 0 spiro atoms. The van der Waals surface area contributed by atoms with E-state index in [1.165, 1.54) is 23.0 Å². The van der Waals surface area contributed by atoms with Crippen LogP contribution in [0.15, 0.2) is 51.4 Å². The van der Waals surface area contributed by atoms with Crippen molar-refractivity contribution in [3.8, 4) is 29.6 Å². The molecule has 0 unspecified atom stereocenters. The van der Waals surface area contributed by atoms with Crippen LogP contribution in [-0.2, 0) is 19.1 Å². The molecule has 1 aliphatic rings. The molecule has 0 aliphatic carbocycles. The van der Waals surface area contributed by atoms with E-state index in [-0.39, 0.29) is 31.0 Å². The van der Waals surface area contributed by atoms with Crippen LogP contribution in [0.2, 0.25) is 0 Å². The summed E-state index contributed by atoms with van der Waals surface area (Å²) in [6, 6.07) is 7.98. The zero-order valence-corrected chi connectivity index (χ0v) is 29.4. The summed E-state index contributed by atoms with van der Waals surface area (Å²) in [7, 11) is 1.27. The maximum Gasteiger partial charge on any atom is 0.343 e. The Bertz CT molecular complexity index is 1830. The normalized spacial score (nSPS) is 14.3. The first kappa shape index (κ1) is 33.5. The minimum absolute atomic E-state index is 0.148. The number of hydrogen-bond donors (Lipinski definition) is 0. The number of esters is 2. The van der Waals surface area contributed by atoms with Gasteiger partial charge in [-0.25, -0.2) is 14.6 Å². The lowest BCUT2D eigenvalue weighted by molar-refractivity contribution is -0.143. The van der Waals surface area contributed by atoms with Crippen molar-refractivity contribution in [2.75, 3.05) is 33.5 Å². The predicted molar refractivity (Wildman–Crippen MR) is 182 cm³/mol. The van der Waals surface area contributed by atoms with Crippen molar-refractivity contribution in [3.63, 3.8) is 0 Å². The Balaban J connectivity index is 1.88. The van der Waals surface area contributed by atoms with E-state index in [0.29, 0.717) is 44.4 Å². The Kier molecular flexibility index (Phi) is 11.5. The van der Waals surface area contributed by atoms with E-state index in [1.54, 1.807) is 38.1 Å². The van der Waals surface area contributed by atoms with Gasteiger partial charge in [0.15, 0.2) is 22.9 Å². The Labute approximate surface area is 285 Å². The number of ether oxygens (including phenoxy) is 5. The first-order chi connectivity index (χ1) is 21.1. The highest BCUT2D eigenvalue weighted by Crippen LogP contribution is 2.36. The van der Waals surface area contributed by atoms with Crippen LogP contribution in [0.3, 0.4) is 0 Å². The van der Waals surface area contributed by atoms with Gasteiger partial charge in [-0.3, -0.25) is 9.36 Å². The third kappa shape index (κ3) is 7.29. The largest absolute Gasteiger partial charge is 0.490 e. The van der Waals surface area contributed by atoms with Gasteiger partial charge in [-0.2, -0.15) is 0 Å². The van der Waals surface area contributed by atoms with Crippen molar-refractivity contribution in [3.05, 3.63) is 79.6 Å². The zero-order chi connectivity index (χ0) is 32.0. The van der Waals surface area contributed by atoms with Gasteiger partial charge in [0.25, 0.3) is 5.56 Å². The van der Waals surface area contributed by atoms with Gasteiger partial charge in [0.05, 0.1) is 49.3 Å². The Morgan fingerprint density at radius 3 is 2.45 bits per heavy atom. The lowest BCUT2D eigenvalue weighted by atomic mass is 9.95. The zero-order valence-electron chi connectivity index (χ0n) is 24.3. The van der Waals surface area contributed by atoms with Crippen LogP contribution in [0, 0.1) is 19.5 Å². The summed E-state index contributed by atoms with van der Waals surface area (Å²) < 4.78 is 30.8. The van der Waals surface area contributed by atoms with Gasteiger partial charge in [0, 0.05) is 0 Å². The molecule has 1 aliphatic heterocycles. The van der Waals surface area contributed by atoms with E-state index in [1.807, 2.05) is 19.1 Å². The molecule has 10 nitrogen and oxygen atoms in total. The molecule has 230 valence electrons. The van der Waals surface area contributed by atoms with Gasteiger partial charge in [0.2, 0.25) is 0 Å². The number of nitrogens with zero attached hydrogens (tertiary/aromatic N) is 2. The first-order valence-electron chi connectivity index (χ1n) is 13.3. The van der Waals surface area contributed by atoms with E-state index in [4.69, 9.17) is 25.4 Å². The number of allylic oxidation sites excluding steroid dienone is 1. The second-order valence-electron chi connectivity index (χ2n) is 9.11. The molecule has 0 fully saturated rings. The SMILES string of the molecule is C#CCOc1c(I)cc(/C=c2\sc3n(c2=O)[C@H](c2ccc(OCC(=O)OC)c(OCC)c2)C(C(=O)OCC)=C(C)N=3)cc1I. The summed E-state index contributed by atoms with van der Waals surface area (Å²) in [5, 5.41) is 0. The van der Waals surface area contributed by atoms with Crippen molar-refractivity contribution in [2.45, 2.75) is 26.8 Å². The fraction of sp³-hybridized carbons (Fsp3) is 0.290. The molecule has 0 saturated heterocycles. The fourth-order valence-electron chi connectivity index (χ4n) is 4.45. The summed E-state index contributed by atoms with van der Waals surface area (Å²) in [6.07, 6.45) is 7.14. The van der Waals surface area contributed by atoms with Crippen molar-refractivity contribution >= 4 is 74.5 Å². The number of halogens is 2. The maximum atomic E-state index is 14.1. The summed E-state index contributed by atoms with van der Waals surface area (Å²) in [4.78, 5) is 44.1. The number of benzene rings is 2. The molecule has 1 aromatic heterocycles. The van der Waals surface area contributed by atoms with Crippen LogP contribution in [0.1, 0.15) is 37.9 Å². The van der Waals surface area contributed by atoms with Crippen LogP contribution in [0.4, 0.5) is 0 Å². The van der Waals surface area contributed by atoms with Crippen LogP contribution in [-0.4, -0.2) is 50.0 Å². The summed E-state index contributed by atoms with van der Waals surface area (Å²) in [5.74, 6) is 2.67. The van der Waals surface area contributed by atoms with Gasteiger partial charge in [-0.05, 0) is 107 Å². The molecule has 2 heterocycles. The van der Waals surface area contributed by atoms with Crippen molar-refractivity contribution < 1.29 is 33.3 Å². The lowest BCUT2D eigenvalue weighted by Gasteiger charge is -2.25. The molecule has 0 amide bonds. The molecule has 0 bridgehead atoms. The van der Waals surface area contributed by atoms with E-state index in [9.17, 15) is 14.4 Å². The van der Waals surface area contributed by atoms with Crippen LogP contribution >= 0.6 is 56.5 Å². The molecule has 13 heteroatoms. The highest BCUT2D eigenvalue weighted by Gasteiger charge is 2.34. The van der Waals surface area contributed by atoms with Crippen molar-refractivity contribution in [2.24, 2.45) is 4.99 Å². The predicted octanol–water partition coefficient (Wildman–Crippen LogP) is 3.97. The van der Waals surface area contributed by atoms with Crippen molar-refractivity contribution in [1.29, 1.82) is 0 Å². The van der Waals surface area contributed by atoms with Gasteiger partial charge in [-0.15, -0.1) is 6.42 Å². The molecule has 4 rings (SSSR count). The summed E-state index contributed by atoms with van der Waals surface area (Å²) in [5.41, 5.74) is 1.71. The number of terminal acetylenes is 1. The third-order valence-electron chi connectivity index (χ3n) is 6.29. The second kappa shape index (κ2) is 15.1. The molecule has 1 atom stereocenters. The highest BCUT2D eigenvalue weighted by molar-refractivity contribution is 14.1. The third-order valence-corrected chi connectivity index (χ3v) is 8.88. The summed E-state index contributed by atoms with van der Waals surface area (Å²) >= 11 is 5.56. The lowest BCUT2D eigenvalue weighted by Crippen LogP contribution is -2.40. The smallest absolute Gasteiger partial charge is 0.343 e. The van der Waals surface area contributed by atoms with Crippen LogP contribution in [0.5, 0.6) is 17.2 Å². The average Bonchev–Trinajstić information content (AvgIpc) is 3.29. The Hall–Kier alpha value is -3.36. The molecule has 0 N–H and O–H groups in total. The molecule has 0 saturated carbocycles. The maximum absolute atomic E-state index is 14.1. The minimum Gasteiger partial charge on any atom is -0.490 e. The first-order valence-corrected chi connectivity index (χ1v) is 16.3. The van der Waals surface area contributed by atoms with E-state index in [2.05, 4.69) is 60.8 Å². The highest BCUT2D eigenvalue weighted by atomic mass is 127. The fourth-order valence-corrected chi connectivity index (χ4v) is 7.63. The monoisotopic (exact) mass is 842 g/mol. The number of methoxy groups -OCH3 is 1. The number of fused-ring (bicyclic) bond motifs is 1. The van der Waals surface area contributed by atoms with Crippen molar-refractivity contribution in [1.82, 2.24) is 4.57 Å². The molecule has 2 aromatic carbocycles. The Morgan fingerprint density at radius 2 is 1.82 bits per heavy atom. The van der Waals surface area contributed by atoms with Gasteiger partial charge >= 0.3 is 11.9 Å².